The average Bonchev–Trinajstić information content (AvgIpc) is 2.27. The molecule has 0 saturated carbocycles. The maximum Gasteiger partial charge on any atom is 0.0441 e. The first kappa shape index (κ1) is 16.1. The SMILES string of the molecule is CCCCC(CC)CCNCC(C)S(C)=O. The Kier molecular flexibility index (Phi) is 10.3. The molecule has 0 aromatic rings. The van der Waals surface area contributed by atoms with Crippen molar-refractivity contribution in [1.29, 1.82) is 0 Å². The first-order valence-electron chi connectivity index (χ1n) is 6.64. The fraction of sp³-hybridized carbons (Fsp3) is 1.00. The maximum atomic E-state index is 11.1. The Bertz CT molecular complexity index is 185. The molecule has 3 heteroatoms. The number of hydrogen-bond donors (Lipinski definition) is 1. The minimum atomic E-state index is -0.694. The second kappa shape index (κ2) is 10.3. The third-order valence-corrected chi connectivity index (χ3v) is 4.57. The van der Waals surface area contributed by atoms with Gasteiger partial charge in [0, 0.05) is 28.9 Å². The van der Waals surface area contributed by atoms with Gasteiger partial charge >= 0.3 is 0 Å². The highest BCUT2D eigenvalue weighted by Gasteiger charge is 2.07. The molecule has 0 saturated heterocycles. The third kappa shape index (κ3) is 8.28. The molecule has 0 aromatic heterocycles. The molecule has 0 spiro atoms. The van der Waals surface area contributed by atoms with E-state index in [0.717, 1.165) is 19.0 Å². The highest BCUT2D eigenvalue weighted by molar-refractivity contribution is 7.84. The molecule has 1 N–H and O–H groups in total. The molecule has 0 aliphatic carbocycles. The molecule has 0 aliphatic heterocycles. The molecule has 3 atom stereocenters. The van der Waals surface area contributed by atoms with Gasteiger partial charge in [0.15, 0.2) is 0 Å². The third-order valence-electron chi connectivity index (χ3n) is 3.27. The molecule has 0 aliphatic rings. The molecule has 98 valence electrons. The fourth-order valence-corrected chi connectivity index (χ4v) is 2.13. The van der Waals surface area contributed by atoms with Crippen LogP contribution in [0.2, 0.25) is 0 Å². The highest BCUT2D eigenvalue weighted by atomic mass is 32.2. The molecular formula is C13H29NOS. The summed E-state index contributed by atoms with van der Waals surface area (Å²) in [5.41, 5.74) is 0. The van der Waals surface area contributed by atoms with E-state index in [1.54, 1.807) is 6.26 Å². The van der Waals surface area contributed by atoms with Crippen LogP contribution in [0, 0.1) is 5.92 Å². The largest absolute Gasteiger partial charge is 0.316 e. The molecule has 16 heavy (non-hydrogen) atoms. The topological polar surface area (TPSA) is 29.1 Å². The average molecular weight is 247 g/mol. The van der Waals surface area contributed by atoms with E-state index in [0.29, 0.717) is 0 Å². The molecule has 0 amide bonds. The predicted octanol–water partition coefficient (Wildman–Crippen LogP) is 2.95. The number of nitrogens with one attached hydrogen (secondary N) is 1. The number of rotatable bonds is 10. The van der Waals surface area contributed by atoms with Crippen molar-refractivity contribution in [3.05, 3.63) is 0 Å². The molecule has 3 unspecified atom stereocenters. The quantitative estimate of drug-likeness (QED) is 0.601. The van der Waals surface area contributed by atoms with E-state index < -0.39 is 10.8 Å². The van der Waals surface area contributed by atoms with Crippen molar-refractivity contribution in [2.24, 2.45) is 5.92 Å². The normalized spacial score (nSPS) is 17.0. The van der Waals surface area contributed by atoms with E-state index in [9.17, 15) is 4.21 Å². The zero-order valence-corrected chi connectivity index (χ0v) is 12.2. The van der Waals surface area contributed by atoms with Crippen LogP contribution in [-0.4, -0.2) is 28.8 Å². The van der Waals surface area contributed by atoms with Crippen molar-refractivity contribution in [3.63, 3.8) is 0 Å². The summed E-state index contributed by atoms with van der Waals surface area (Å²) in [6.07, 6.45) is 8.35. The van der Waals surface area contributed by atoms with Crippen molar-refractivity contribution in [2.75, 3.05) is 19.3 Å². The summed E-state index contributed by atoms with van der Waals surface area (Å²) in [4.78, 5) is 0. The lowest BCUT2D eigenvalue weighted by molar-refractivity contribution is 0.410. The monoisotopic (exact) mass is 247 g/mol. The highest BCUT2D eigenvalue weighted by Crippen LogP contribution is 2.15. The second-order valence-corrected chi connectivity index (χ2v) is 6.52. The molecular weight excluding hydrogens is 218 g/mol. The summed E-state index contributed by atoms with van der Waals surface area (Å²) in [7, 11) is -0.694. The van der Waals surface area contributed by atoms with Gasteiger partial charge in [0.25, 0.3) is 0 Å². The van der Waals surface area contributed by atoms with Gasteiger partial charge in [0.2, 0.25) is 0 Å². The van der Waals surface area contributed by atoms with Crippen LogP contribution in [0.1, 0.15) is 52.9 Å². The summed E-state index contributed by atoms with van der Waals surface area (Å²) in [6.45, 7) is 8.53. The van der Waals surface area contributed by atoms with Crippen molar-refractivity contribution in [3.8, 4) is 0 Å². The van der Waals surface area contributed by atoms with E-state index in [4.69, 9.17) is 0 Å². The first-order chi connectivity index (χ1) is 7.61. The van der Waals surface area contributed by atoms with Crippen LogP contribution in [0.5, 0.6) is 0 Å². The smallest absolute Gasteiger partial charge is 0.0441 e. The molecule has 2 nitrogen and oxygen atoms in total. The Morgan fingerprint density at radius 3 is 2.44 bits per heavy atom. The molecule has 0 bridgehead atoms. The van der Waals surface area contributed by atoms with Crippen molar-refractivity contribution < 1.29 is 4.21 Å². The van der Waals surface area contributed by atoms with Crippen LogP contribution in [0.25, 0.3) is 0 Å². The van der Waals surface area contributed by atoms with Gasteiger partial charge in [-0.2, -0.15) is 0 Å². The number of unbranched alkanes of at least 4 members (excludes halogenated alkanes) is 1. The first-order valence-corrected chi connectivity index (χ1v) is 8.26. The Labute approximate surface area is 104 Å². The van der Waals surface area contributed by atoms with Crippen LogP contribution in [0.4, 0.5) is 0 Å². The summed E-state index contributed by atoms with van der Waals surface area (Å²) in [5, 5.41) is 3.69. The molecule has 0 aromatic carbocycles. The van der Waals surface area contributed by atoms with Gasteiger partial charge < -0.3 is 5.32 Å². The lowest BCUT2D eigenvalue weighted by atomic mass is 9.96. The van der Waals surface area contributed by atoms with Crippen LogP contribution in [0.15, 0.2) is 0 Å². The van der Waals surface area contributed by atoms with Gasteiger partial charge in [-0.25, -0.2) is 0 Å². The van der Waals surface area contributed by atoms with E-state index in [2.05, 4.69) is 19.2 Å². The molecule has 0 rings (SSSR count). The van der Waals surface area contributed by atoms with Crippen LogP contribution in [-0.2, 0) is 10.8 Å². The minimum absolute atomic E-state index is 0.274. The minimum Gasteiger partial charge on any atom is -0.316 e. The van der Waals surface area contributed by atoms with E-state index >= 15 is 0 Å². The summed E-state index contributed by atoms with van der Waals surface area (Å²) >= 11 is 0. The molecule has 0 fully saturated rings. The molecule has 0 radical (unpaired) electrons. The van der Waals surface area contributed by atoms with Crippen LogP contribution in [0.3, 0.4) is 0 Å². The van der Waals surface area contributed by atoms with Crippen LogP contribution >= 0.6 is 0 Å². The summed E-state index contributed by atoms with van der Waals surface area (Å²) in [6, 6.07) is 0. The summed E-state index contributed by atoms with van der Waals surface area (Å²) < 4.78 is 11.1. The lowest BCUT2D eigenvalue weighted by Gasteiger charge is -2.15. The lowest BCUT2D eigenvalue weighted by Crippen LogP contribution is -2.29. The Balaban J connectivity index is 3.51. The number of hydrogen-bond acceptors (Lipinski definition) is 2. The Morgan fingerprint density at radius 2 is 1.94 bits per heavy atom. The zero-order valence-electron chi connectivity index (χ0n) is 11.4. The Morgan fingerprint density at radius 1 is 1.25 bits per heavy atom. The van der Waals surface area contributed by atoms with Gasteiger partial charge in [-0.1, -0.05) is 39.5 Å². The van der Waals surface area contributed by atoms with Gasteiger partial charge in [0.1, 0.15) is 0 Å². The van der Waals surface area contributed by atoms with E-state index in [1.165, 1.54) is 32.1 Å². The van der Waals surface area contributed by atoms with Gasteiger partial charge in [0.05, 0.1) is 0 Å². The van der Waals surface area contributed by atoms with Gasteiger partial charge in [-0.05, 0) is 25.8 Å². The molecule has 0 heterocycles. The second-order valence-electron chi connectivity index (χ2n) is 4.72. The summed E-state index contributed by atoms with van der Waals surface area (Å²) in [5.74, 6) is 0.870. The van der Waals surface area contributed by atoms with Crippen molar-refractivity contribution in [2.45, 2.75) is 58.1 Å². The standard InChI is InChI=1S/C13H29NOS/c1-5-7-8-13(6-2)9-10-14-11-12(3)16(4)15/h12-14H,5-11H2,1-4H3. The van der Waals surface area contributed by atoms with E-state index in [1.807, 2.05) is 6.92 Å². The maximum absolute atomic E-state index is 11.1. The predicted molar refractivity (Wildman–Crippen MR) is 74.3 cm³/mol. The fourth-order valence-electron chi connectivity index (χ4n) is 1.77. The van der Waals surface area contributed by atoms with Gasteiger partial charge in [-0.3, -0.25) is 4.21 Å². The van der Waals surface area contributed by atoms with Crippen molar-refractivity contribution in [1.82, 2.24) is 5.32 Å². The van der Waals surface area contributed by atoms with E-state index in [-0.39, 0.29) is 5.25 Å². The van der Waals surface area contributed by atoms with Crippen LogP contribution < -0.4 is 5.32 Å². The van der Waals surface area contributed by atoms with Crippen molar-refractivity contribution >= 4 is 10.8 Å². The van der Waals surface area contributed by atoms with Gasteiger partial charge in [-0.15, -0.1) is 0 Å². The zero-order chi connectivity index (χ0) is 12.4. The Hall–Kier alpha value is 0.110.